The number of carbonyl (C=O) groups is 1. The molecule has 0 unspecified atom stereocenters. The van der Waals surface area contributed by atoms with E-state index in [0.29, 0.717) is 0 Å². The number of halogens is 1. The molecule has 3 nitrogen and oxygen atoms in total. The van der Waals surface area contributed by atoms with Gasteiger partial charge in [0, 0.05) is 0 Å². The third-order valence-electron chi connectivity index (χ3n) is 4.18. The maximum atomic E-state index is 11.0. The third kappa shape index (κ3) is 4.29. The Morgan fingerprint density at radius 2 is 1.48 bits per heavy atom. The second-order valence-corrected chi connectivity index (χ2v) is 12.0. The molecule has 0 saturated carbocycles. The van der Waals surface area contributed by atoms with E-state index in [4.69, 9.17) is 9.53 Å². The number of hydrogen-bond acceptors (Lipinski definition) is 2. The van der Waals surface area contributed by atoms with Crippen molar-refractivity contribution in [1.82, 2.24) is 0 Å². The molecule has 25 heavy (non-hydrogen) atoms. The molecule has 0 radical (unpaired) electrons. The summed E-state index contributed by atoms with van der Waals surface area (Å²) in [6.07, 6.45) is 1.57. The van der Waals surface area contributed by atoms with E-state index in [2.05, 4.69) is 61.0 Å². The van der Waals surface area contributed by atoms with Gasteiger partial charge < -0.3 is 9.53 Å². The van der Waals surface area contributed by atoms with Gasteiger partial charge in [-0.15, -0.1) is 0 Å². The Morgan fingerprint density at radius 3 is 1.84 bits per heavy atom. The fraction of sp³-hybridized carbons (Fsp3) is 0.250. The van der Waals surface area contributed by atoms with Crippen molar-refractivity contribution in [3.63, 3.8) is 0 Å². The molecular weight excluding hydrogens is 396 g/mol. The van der Waals surface area contributed by atoms with E-state index >= 15 is 0 Å². The Hall–Kier alpha value is -1.69. The van der Waals surface area contributed by atoms with Crippen LogP contribution in [0.3, 0.4) is 0 Å². The topological polar surface area (TPSA) is 46.5 Å². The highest BCUT2D eigenvalue weighted by atomic mass is 79.9. The maximum Gasteiger partial charge on any atom is 0.342 e. The van der Waals surface area contributed by atoms with Gasteiger partial charge in [-0.1, -0.05) is 81.4 Å². The van der Waals surface area contributed by atoms with E-state index in [9.17, 15) is 4.79 Å². The van der Waals surface area contributed by atoms with E-state index in [1.807, 2.05) is 36.4 Å². The second-order valence-electron chi connectivity index (χ2n) is 6.83. The molecule has 0 spiro atoms. The molecule has 0 aliphatic rings. The number of aliphatic carboxylic acids is 1. The van der Waals surface area contributed by atoms with Crippen molar-refractivity contribution in [2.24, 2.45) is 0 Å². The molecule has 0 aromatic heterocycles. The molecular formula is C20H23BrO3Si. The van der Waals surface area contributed by atoms with E-state index in [1.165, 1.54) is 10.4 Å². The van der Waals surface area contributed by atoms with Gasteiger partial charge in [0.05, 0.1) is 6.61 Å². The molecule has 0 bridgehead atoms. The average Bonchev–Trinajstić information content (AvgIpc) is 2.59. The van der Waals surface area contributed by atoms with Gasteiger partial charge >= 0.3 is 5.97 Å². The summed E-state index contributed by atoms with van der Waals surface area (Å²) >= 11 is 3.07. The minimum absolute atomic E-state index is 0.116. The Kier molecular flexibility index (Phi) is 6.38. The molecule has 0 atom stereocenters. The molecule has 2 rings (SSSR count). The van der Waals surface area contributed by atoms with Crippen LogP contribution >= 0.6 is 15.9 Å². The predicted molar refractivity (Wildman–Crippen MR) is 108 cm³/mol. The molecule has 0 aliphatic heterocycles. The molecule has 0 amide bonds. The monoisotopic (exact) mass is 418 g/mol. The number of hydrogen-bond donors (Lipinski definition) is 1. The van der Waals surface area contributed by atoms with Crippen molar-refractivity contribution >= 4 is 40.6 Å². The van der Waals surface area contributed by atoms with E-state index in [1.54, 1.807) is 6.08 Å². The summed E-state index contributed by atoms with van der Waals surface area (Å²) in [7, 11) is -2.61. The SMILES string of the molecule is CC(C)(C)[Si](OCC=C(Br)C(=O)O)(c1ccccc1)c1ccccc1. The van der Waals surface area contributed by atoms with Crippen LogP contribution in [0.25, 0.3) is 0 Å². The van der Waals surface area contributed by atoms with Gasteiger partial charge in [0.1, 0.15) is 4.48 Å². The predicted octanol–water partition coefficient (Wildman–Crippen LogP) is 3.93. The number of carboxylic acid groups (broad SMARTS) is 1. The number of rotatable bonds is 6. The van der Waals surface area contributed by atoms with Gasteiger partial charge in [-0.25, -0.2) is 4.79 Å². The summed E-state index contributed by atoms with van der Waals surface area (Å²) in [6, 6.07) is 20.5. The zero-order valence-electron chi connectivity index (χ0n) is 14.7. The van der Waals surface area contributed by atoms with Crippen LogP contribution in [0.5, 0.6) is 0 Å². The van der Waals surface area contributed by atoms with E-state index in [0.717, 1.165) is 0 Å². The Bertz CT molecular complexity index is 697. The van der Waals surface area contributed by atoms with Crippen molar-refractivity contribution in [1.29, 1.82) is 0 Å². The van der Waals surface area contributed by atoms with Crippen LogP contribution in [0.2, 0.25) is 5.04 Å². The smallest absolute Gasteiger partial charge is 0.342 e. The van der Waals surface area contributed by atoms with Crippen molar-refractivity contribution in [3.05, 3.63) is 71.2 Å². The molecule has 0 aliphatic carbocycles. The molecule has 5 heteroatoms. The summed E-state index contributed by atoms with van der Waals surface area (Å²) in [6.45, 7) is 6.81. The quantitative estimate of drug-likeness (QED) is 0.570. The molecule has 132 valence electrons. The zero-order valence-corrected chi connectivity index (χ0v) is 17.3. The summed E-state index contributed by atoms with van der Waals surface area (Å²) in [5.41, 5.74) is 0. The normalized spacial score (nSPS) is 12.9. The van der Waals surface area contributed by atoms with Gasteiger partial charge in [-0.3, -0.25) is 0 Å². The molecule has 1 N–H and O–H groups in total. The summed E-state index contributed by atoms with van der Waals surface area (Å²) in [5.74, 6) is -0.994. The highest BCUT2D eigenvalue weighted by molar-refractivity contribution is 9.12. The first-order valence-corrected chi connectivity index (χ1v) is 10.8. The van der Waals surface area contributed by atoms with Crippen molar-refractivity contribution < 1.29 is 14.3 Å². The first-order chi connectivity index (χ1) is 11.8. The van der Waals surface area contributed by atoms with Gasteiger partial charge in [0.2, 0.25) is 0 Å². The van der Waals surface area contributed by atoms with Crippen LogP contribution in [-0.2, 0) is 9.22 Å². The summed E-state index contributed by atoms with van der Waals surface area (Å²) < 4.78 is 6.67. The Labute approximate surface area is 158 Å². The fourth-order valence-corrected chi connectivity index (χ4v) is 7.71. The largest absolute Gasteiger partial charge is 0.477 e. The summed E-state index contributed by atoms with van der Waals surface area (Å²) in [4.78, 5) is 11.0. The number of benzene rings is 2. The summed E-state index contributed by atoms with van der Waals surface area (Å²) in [5, 5.41) is 11.3. The highest BCUT2D eigenvalue weighted by Gasteiger charge is 2.49. The minimum Gasteiger partial charge on any atom is -0.477 e. The highest BCUT2D eigenvalue weighted by Crippen LogP contribution is 2.36. The van der Waals surface area contributed by atoms with Crippen LogP contribution in [-0.4, -0.2) is 26.0 Å². The van der Waals surface area contributed by atoms with Crippen LogP contribution in [0.4, 0.5) is 0 Å². The molecule has 0 fully saturated rings. The van der Waals surface area contributed by atoms with E-state index < -0.39 is 14.3 Å². The van der Waals surface area contributed by atoms with Crippen molar-refractivity contribution in [2.75, 3.05) is 6.61 Å². The lowest BCUT2D eigenvalue weighted by Gasteiger charge is -2.42. The zero-order chi connectivity index (χ0) is 18.5. The molecule has 0 saturated heterocycles. The van der Waals surface area contributed by atoms with Gasteiger partial charge in [0.25, 0.3) is 8.32 Å². The van der Waals surface area contributed by atoms with Crippen LogP contribution in [0, 0.1) is 0 Å². The third-order valence-corrected chi connectivity index (χ3v) is 9.85. The fourth-order valence-electron chi connectivity index (χ4n) is 3.09. The minimum atomic E-state index is -2.61. The van der Waals surface area contributed by atoms with Crippen LogP contribution in [0.15, 0.2) is 71.2 Å². The number of carboxylic acids is 1. The first kappa shape index (κ1) is 19.6. The maximum absolute atomic E-state index is 11.0. The van der Waals surface area contributed by atoms with Crippen molar-refractivity contribution in [3.8, 4) is 0 Å². The second kappa shape index (κ2) is 8.12. The molecule has 2 aromatic carbocycles. The van der Waals surface area contributed by atoms with Crippen molar-refractivity contribution in [2.45, 2.75) is 25.8 Å². The van der Waals surface area contributed by atoms with Gasteiger partial charge in [-0.2, -0.15) is 0 Å². The van der Waals surface area contributed by atoms with E-state index in [-0.39, 0.29) is 16.1 Å². The Balaban J connectivity index is 2.57. The standard InChI is InChI=1S/C20H23BrO3Si/c1-20(2,3)25(16-10-6-4-7-11-16,17-12-8-5-9-13-17)24-15-14-18(21)19(22)23/h4-14H,15H2,1-3H3,(H,22,23). The van der Waals surface area contributed by atoms with Gasteiger partial charge in [-0.05, 0) is 37.4 Å². The van der Waals surface area contributed by atoms with Crippen LogP contribution < -0.4 is 10.4 Å². The van der Waals surface area contributed by atoms with Gasteiger partial charge in [0.15, 0.2) is 0 Å². The lowest BCUT2D eigenvalue weighted by atomic mass is 10.2. The first-order valence-electron chi connectivity index (χ1n) is 8.13. The average molecular weight is 419 g/mol. The molecule has 2 aromatic rings. The lowest BCUT2D eigenvalue weighted by molar-refractivity contribution is -0.131. The molecule has 0 heterocycles. The Morgan fingerprint density at radius 1 is 1.04 bits per heavy atom. The lowest BCUT2D eigenvalue weighted by Crippen LogP contribution is -2.66. The van der Waals surface area contributed by atoms with Crippen LogP contribution in [0.1, 0.15) is 20.8 Å².